The van der Waals surface area contributed by atoms with E-state index in [1.54, 1.807) is 0 Å². The van der Waals surface area contributed by atoms with Crippen molar-refractivity contribution >= 4 is 40.2 Å². The number of ether oxygens (including phenoxy) is 1. The number of benzene rings is 2. The lowest BCUT2D eigenvalue weighted by molar-refractivity contribution is -0.170. The van der Waals surface area contributed by atoms with Crippen LogP contribution in [0.1, 0.15) is 35.2 Å². The first-order valence-electron chi connectivity index (χ1n) is 9.08. The molecule has 0 N–H and O–H groups in total. The second-order valence-electron chi connectivity index (χ2n) is 6.31. The van der Waals surface area contributed by atoms with Crippen LogP contribution in [0.2, 0.25) is 0 Å². The van der Waals surface area contributed by atoms with Crippen molar-refractivity contribution in [2.24, 2.45) is 0 Å². The van der Waals surface area contributed by atoms with E-state index in [9.17, 15) is 22.8 Å². The average Bonchev–Trinajstić information content (AvgIpc) is 2.72. The molecule has 0 fully saturated rings. The second-order valence-corrected chi connectivity index (χ2v) is 7.39. The monoisotopic (exact) mass is 519 g/mol. The van der Waals surface area contributed by atoms with E-state index in [2.05, 4.69) is 22.6 Å². The Morgan fingerprint density at radius 2 is 1.59 bits per heavy atom. The Bertz CT molecular complexity index is 795. The summed E-state index contributed by atoms with van der Waals surface area (Å²) in [5.41, 5.74) is 1.13. The number of halogens is 4. The summed E-state index contributed by atoms with van der Waals surface area (Å²) in [4.78, 5) is 24.7. The summed E-state index contributed by atoms with van der Waals surface area (Å²) in [6.45, 7) is 0.0592. The fourth-order valence-electron chi connectivity index (χ4n) is 2.63. The number of unbranched alkanes of at least 4 members (excludes halogenated alkanes) is 2. The molecule has 2 aromatic rings. The van der Waals surface area contributed by atoms with Crippen LogP contribution >= 0.6 is 22.6 Å². The normalized spacial score (nSPS) is 11.2. The summed E-state index contributed by atoms with van der Waals surface area (Å²) in [6.07, 6.45) is -2.89. The standard InChI is InChI=1S/C21H21F3INO3/c22-21(23,24)20(28)26(14-6-2-5-13-25)18-11-9-17(10-12-18)19(27)29-15-16-7-3-1-4-8-16/h1,3-4,7-12H,2,5-6,13-15H2. The quantitative estimate of drug-likeness (QED) is 0.189. The molecule has 0 unspecified atom stereocenters. The van der Waals surface area contributed by atoms with Crippen molar-refractivity contribution in [1.82, 2.24) is 0 Å². The Hall–Kier alpha value is -2.10. The lowest BCUT2D eigenvalue weighted by Crippen LogP contribution is -2.41. The molecule has 2 rings (SSSR count). The van der Waals surface area contributed by atoms with Crippen molar-refractivity contribution in [2.75, 3.05) is 15.9 Å². The van der Waals surface area contributed by atoms with Crippen molar-refractivity contribution in [2.45, 2.75) is 32.0 Å². The molecule has 8 heteroatoms. The topological polar surface area (TPSA) is 46.6 Å². The van der Waals surface area contributed by atoms with Gasteiger partial charge in [0.1, 0.15) is 6.61 Å². The van der Waals surface area contributed by atoms with Crippen molar-refractivity contribution in [3.05, 3.63) is 65.7 Å². The minimum absolute atomic E-state index is 0.0349. The van der Waals surface area contributed by atoms with Gasteiger partial charge in [-0.15, -0.1) is 0 Å². The molecule has 0 aromatic heterocycles. The molecule has 1 amide bonds. The van der Waals surface area contributed by atoms with Crippen molar-refractivity contribution in [3.63, 3.8) is 0 Å². The number of alkyl halides is 4. The molecule has 2 aromatic carbocycles. The third-order valence-corrected chi connectivity index (χ3v) is 4.89. The van der Waals surface area contributed by atoms with E-state index < -0.39 is 18.1 Å². The SMILES string of the molecule is O=C(OCc1ccccc1)c1ccc(N(CCCCCI)C(=O)C(F)(F)F)cc1. The molecular weight excluding hydrogens is 498 g/mol. The Labute approximate surface area is 181 Å². The molecule has 0 aliphatic carbocycles. The highest BCUT2D eigenvalue weighted by atomic mass is 127. The second kappa shape index (κ2) is 11.2. The molecule has 0 bridgehead atoms. The van der Waals surface area contributed by atoms with E-state index >= 15 is 0 Å². The van der Waals surface area contributed by atoms with E-state index in [-0.39, 0.29) is 24.4 Å². The van der Waals surface area contributed by atoms with Crippen LogP contribution in [0.5, 0.6) is 0 Å². The number of nitrogens with zero attached hydrogens (tertiary/aromatic N) is 1. The molecule has 29 heavy (non-hydrogen) atoms. The van der Waals surface area contributed by atoms with Gasteiger partial charge in [0.25, 0.3) is 0 Å². The van der Waals surface area contributed by atoms with Gasteiger partial charge >= 0.3 is 18.1 Å². The van der Waals surface area contributed by atoms with Crippen LogP contribution in [0.3, 0.4) is 0 Å². The Kier molecular flexibility index (Phi) is 8.94. The highest BCUT2D eigenvalue weighted by molar-refractivity contribution is 14.1. The molecule has 0 spiro atoms. The zero-order valence-electron chi connectivity index (χ0n) is 15.6. The number of hydrogen-bond acceptors (Lipinski definition) is 3. The van der Waals surface area contributed by atoms with Crippen LogP contribution in [0, 0.1) is 0 Å². The van der Waals surface area contributed by atoms with Gasteiger partial charge in [0.05, 0.1) is 5.56 Å². The predicted octanol–water partition coefficient (Wildman–Crippen LogP) is 5.54. The smallest absolute Gasteiger partial charge is 0.457 e. The minimum Gasteiger partial charge on any atom is -0.457 e. The Balaban J connectivity index is 2.06. The average molecular weight is 519 g/mol. The first kappa shape index (κ1) is 23.2. The van der Waals surface area contributed by atoms with Gasteiger partial charge in [0.2, 0.25) is 0 Å². The highest BCUT2D eigenvalue weighted by Crippen LogP contribution is 2.25. The lowest BCUT2D eigenvalue weighted by Gasteiger charge is -2.24. The summed E-state index contributed by atoms with van der Waals surface area (Å²) in [7, 11) is 0. The van der Waals surface area contributed by atoms with Gasteiger partial charge in [0, 0.05) is 12.2 Å². The van der Waals surface area contributed by atoms with Crippen LogP contribution < -0.4 is 4.90 Å². The number of carbonyl (C=O) groups is 2. The van der Waals surface area contributed by atoms with Gasteiger partial charge < -0.3 is 9.64 Å². The molecule has 0 heterocycles. The van der Waals surface area contributed by atoms with Crippen LogP contribution in [0.4, 0.5) is 18.9 Å². The van der Waals surface area contributed by atoms with Crippen molar-refractivity contribution < 1.29 is 27.5 Å². The van der Waals surface area contributed by atoms with Crippen LogP contribution in [0.15, 0.2) is 54.6 Å². The fourth-order valence-corrected chi connectivity index (χ4v) is 3.17. The summed E-state index contributed by atoms with van der Waals surface area (Å²) >= 11 is 2.20. The fraction of sp³-hybridized carbons (Fsp3) is 0.333. The maximum absolute atomic E-state index is 13.0. The van der Waals surface area contributed by atoms with E-state index in [0.29, 0.717) is 11.3 Å². The number of rotatable bonds is 9. The van der Waals surface area contributed by atoms with Gasteiger partial charge in [-0.3, -0.25) is 4.79 Å². The summed E-state index contributed by atoms with van der Waals surface area (Å²) in [5, 5.41) is 0. The molecule has 0 radical (unpaired) electrons. The molecular formula is C21H21F3INO3. The van der Waals surface area contributed by atoms with Gasteiger partial charge in [-0.1, -0.05) is 59.3 Å². The van der Waals surface area contributed by atoms with E-state index in [1.807, 2.05) is 30.3 Å². The molecule has 0 aliphatic rings. The van der Waals surface area contributed by atoms with E-state index in [1.165, 1.54) is 24.3 Å². The van der Waals surface area contributed by atoms with Crippen molar-refractivity contribution in [3.8, 4) is 0 Å². The summed E-state index contributed by atoms with van der Waals surface area (Å²) < 4.78 is 45.0. The first-order chi connectivity index (χ1) is 13.8. The number of esters is 1. The largest absolute Gasteiger partial charge is 0.471 e. The predicted molar refractivity (Wildman–Crippen MR) is 113 cm³/mol. The molecule has 0 saturated heterocycles. The number of carbonyl (C=O) groups excluding carboxylic acids is 2. The number of hydrogen-bond donors (Lipinski definition) is 0. The highest BCUT2D eigenvalue weighted by Gasteiger charge is 2.42. The maximum atomic E-state index is 13.0. The molecule has 4 nitrogen and oxygen atoms in total. The van der Waals surface area contributed by atoms with Crippen molar-refractivity contribution in [1.29, 1.82) is 0 Å². The first-order valence-corrected chi connectivity index (χ1v) is 10.6. The zero-order valence-corrected chi connectivity index (χ0v) is 17.8. The number of amides is 1. The third-order valence-electron chi connectivity index (χ3n) is 4.13. The Morgan fingerprint density at radius 1 is 0.931 bits per heavy atom. The Morgan fingerprint density at radius 3 is 2.17 bits per heavy atom. The summed E-state index contributed by atoms with van der Waals surface area (Å²) in [5.74, 6) is -2.50. The molecule has 0 aliphatic heterocycles. The molecule has 156 valence electrons. The summed E-state index contributed by atoms with van der Waals surface area (Å²) in [6, 6.07) is 14.5. The van der Waals surface area contributed by atoms with Crippen LogP contribution in [-0.2, 0) is 16.1 Å². The molecule has 0 atom stereocenters. The lowest BCUT2D eigenvalue weighted by atomic mass is 10.1. The van der Waals surface area contributed by atoms with E-state index in [0.717, 1.165) is 22.8 Å². The third kappa shape index (κ3) is 7.34. The minimum atomic E-state index is -4.96. The maximum Gasteiger partial charge on any atom is 0.471 e. The number of anilines is 1. The molecule has 0 saturated carbocycles. The van der Waals surface area contributed by atoms with Gasteiger partial charge in [-0.05, 0) is 47.1 Å². The van der Waals surface area contributed by atoms with Crippen LogP contribution in [0.25, 0.3) is 0 Å². The van der Waals surface area contributed by atoms with E-state index in [4.69, 9.17) is 4.74 Å². The zero-order chi connectivity index (χ0) is 21.3. The van der Waals surface area contributed by atoms with Crippen LogP contribution in [-0.4, -0.2) is 29.0 Å². The van der Waals surface area contributed by atoms with Gasteiger partial charge in [0.15, 0.2) is 0 Å². The van der Waals surface area contributed by atoms with Gasteiger partial charge in [-0.25, -0.2) is 4.79 Å². The van der Waals surface area contributed by atoms with Gasteiger partial charge in [-0.2, -0.15) is 13.2 Å².